The maximum absolute atomic E-state index is 10.7. The summed E-state index contributed by atoms with van der Waals surface area (Å²) in [4.78, 5) is 21.1. The lowest BCUT2D eigenvalue weighted by atomic mass is 10.0. The molecule has 0 radical (unpaired) electrons. The zero-order valence-corrected chi connectivity index (χ0v) is 11.9. The minimum Gasteiger partial charge on any atom is -0.476 e. The molecular formula is C14H22N4O2. The molecule has 0 aromatic carbocycles. The van der Waals surface area contributed by atoms with Crippen molar-refractivity contribution in [3.05, 3.63) is 18.1 Å². The predicted octanol–water partition coefficient (Wildman–Crippen LogP) is 1.85. The molecular weight excluding hydrogens is 256 g/mol. The van der Waals surface area contributed by atoms with Gasteiger partial charge in [0.25, 0.3) is 0 Å². The van der Waals surface area contributed by atoms with E-state index >= 15 is 0 Å². The van der Waals surface area contributed by atoms with Gasteiger partial charge in [-0.2, -0.15) is 0 Å². The lowest BCUT2D eigenvalue weighted by Gasteiger charge is -2.35. The van der Waals surface area contributed by atoms with Gasteiger partial charge >= 0.3 is 5.97 Å². The summed E-state index contributed by atoms with van der Waals surface area (Å²) in [5, 5.41) is 11.9. The Kier molecular flexibility index (Phi) is 5.29. The fraction of sp³-hybridized carbons (Fsp3) is 0.643. The van der Waals surface area contributed by atoms with E-state index in [0.29, 0.717) is 11.9 Å². The zero-order valence-electron chi connectivity index (χ0n) is 11.9. The Morgan fingerprint density at radius 2 is 2.30 bits per heavy atom. The smallest absolute Gasteiger partial charge is 0.356 e. The molecule has 0 aliphatic carbocycles. The molecule has 0 saturated carbocycles. The molecule has 2 N–H and O–H groups in total. The third kappa shape index (κ3) is 3.90. The Balaban J connectivity index is 1.78. The van der Waals surface area contributed by atoms with Gasteiger partial charge in [0.15, 0.2) is 5.69 Å². The minimum atomic E-state index is -1.05. The van der Waals surface area contributed by atoms with Gasteiger partial charge in [0.2, 0.25) is 0 Å². The van der Waals surface area contributed by atoms with Crippen LogP contribution in [0.3, 0.4) is 0 Å². The van der Waals surface area contributed by atoms with Crippen molar-refractivity contribution < 1.29 is 9.90 Å². The Labute approximate surface area is 119 Å². The predicted molar refractivity (Wildman–Crippen MR) is 77.0 cm³/mol. The van der Waals surface area contributed by atoms with Crippen molar-refractivity contribution in [1.82, 2.24) is 14.9 Å². The van der Waals surface area contributed by atoms with Gasteiger partial charge in [-0.05, 0) is 25.8 Å². The summed E-state index contributed by atoms with van der Waals surface area (Å²) in [7, 11) is 0. The number of piperidine rings is 1. The van der Waals surface area contributed by atoms with Crippen molar-refractivity contribution in [3.63, 3.8) is 0 Å². The van der Waals surface area contributed by atoms with Gasteiger partial charge in [0, 0.05) is 19.1 Å². The second-order valence-corrected chi connectivity index (χ2v) is 5.11. The van der Waals surface area contributed by atoms with Crippen LogP contribution in [0.5, 0.6) is 0 Å². The van der Waals surface area contributed by atoms with E-state index in [1.165, 1.54) is 44.6 Å². The highest BCUT2D eigenvalue weighted by molar-refractivity contribution is 5.84. The monoisotopic (exact) mass is 278 g/mol. The van der Waals surface area contributed by atoms with Crippen LogP contribution in [-0.4, -0.2) is 51.6 Å². The lowest BCUT2D eigenvalue weighted by molar-refractivity contribution is 0.0690. The van der Waals surface area contributed by atoms with Gasteiger partial charge in [0.05, 0.1) is 12.4 Å². The van der Waals surface area contributed by atoms with Crippen LogP contribution in [0.15, 0.2) is 12.4 Å². The number of anilines is 1. The number of rotatable bonds is 6. The standard InChI is InChI=1S/C14H22N4O2/c1-2-11-5-3-4-7-18(11)8-6-15-13-10-16-12(9-17-13)14(19)20/h9-11H,2-8H2,1H3,(H,15,17)(H,19,20). The molecule has 0 amide bonds. The first-order valence-corrected chi connectivity index (χ1v) is 7.24. The lowest BCUT2D eigenvalue weighted by Crippen LogP contribution is -2.41. The van der Waals surface area contributed by atoms with Gasteiger partial charge in [-0.3, -0.25) is 4.90 Å². The van der Waals surface area contributed by atoms with Crippen molar-refractivity contribution in [2.24, 2.45) is 0 Å². The number of hydrogen-bond acceptors (Lipinski definition) is 5. The number of hydrogen-bond donors (Lipinski definition) is 2. The summed E-state index contributed by atoms with van der Waals surface area (Å²) in [6.45, 7) is 5.20. The molecule has 0 spiro atoms. The number of nitrogens with one attached hydrogen (secondary N) is 1. The van der Waals surface area contributed by atoms with E-state index in [4.69, 9.17) is 5.11 Å². The van der Waals surface area contributed by atoms with E-state index in [2.05, 4.69) is 27.1 Å². The molecule has 0 bridgehead atoms. The summed E-state index contributed by atoms with van der Waals surface area (Å²) in [5.41, 5.74) is -0.0300. The fourth-order valence-corrected chi connectivity index (χ4v) is 2.67. The molecule has 2 heterocycles. The molecule has 1 fully saturated rings. The number of carboxylic acids is 1. The van der Waals surface area contributed by atoms with E-state index in [1.54, 1.807) is 0 Å². The highest BCUT2D eigenvalue weighted by Gasteiger charge is 2.19. The van der Waals surface area contributed by atoms with Crippen molar-refractivity contribution in [2.45, 2.75) is 38.6 Å². The van der Waals surface area contributed by atoms with E-state index < -0.39 is 5.97 Å². The van der Waals surface area contributed by atoms with Gasteiger partial charge in [-0.15, -0.1) is 0 Å². The van der Waals surface area contributed by atoms with Crippen LogP contribution >= 0.6 is 0 Å². The summed E-state index contributed by atoms with van der Waals surface area (Å²) in [5.74, 6) is -0.428. The van der Waals surface area contributed by atoms with Gasteiger partial charge in [-0.25, -0.2) is 14.8 Å². The van der Waals surface area contributed by atoms with Crippen LogP contribution in [0, 0.1) is 0 Å². The highest BCUT2D eigenvalue weighted by Crippen LogP contribution is 2.18. The molecule has 110 valence electrons. The number of carboxylic acid groups (broad SMARTS) is 1. The van der Waals surface area contributed by atoms with E-state index in [9.17, 15) is 4.79 Å². The molecule has 1 atom stereocenters. The number of nitrogens with zero attached hydrogens (tertiary/aromatic N) is 3. The normalized spacial score (nSPS) is 19.8. The highest BCUT2D eigenvalue weighted by atomic mass is 16.4. The van der Waals surface area contributed by atoms with E-state index in [-0.39, 0.29) is 5.69 Å². The minimum absolute atomic E-state index is 0.0300. The van der Waals surface area contributed by atoms with Crippen LogP contribution in [0.1, 0.15) is 43.1 Å². The summed E-state index contributed by atoms with van der Waals surface area (Å²) >= 11 is 0. The largest absolute Gasteiger partial charge is 0.476 e. The fourth-order valence-electron chi connectivity index (χ4n) is 2.67. The molecule has 1 aromatic rings. The van der Waals surface area contributed by atoms with Crippen LogP contribution in [0.2, 0.25) is 0 Å². The Morgan fingerprint density at radius 1 is 1.45 bits per heavy atom. The van der Waals surface area contributed by atoms with Gasteiger partial charge < -0.3 is 10.4 Å². The molecule has 1 aromatic heterocycles. The maximum atomic E-state index is 10.7. The molecule has 1 aliphatic heterocycles. The van der Waals surface area contributed by atoms with Crippen molar-refractivity contribution in [1.29, 1.82) is 0 Å². The van der Waals surface area contributed by atoms with Crippen LogP contribution in [-0.2, 0) is 0 Å². The average Bonchev–Trinajstić information content (AvgIpc) is 2.48. The molecule has 1 saturated heterocycles. The second kappa shape index (κ2) is 7.19. The number of carbonyl (C=O) groups is 1. The molecule has 1 unspecified atom stereocenters. The summed E-state index contributed by atoms with van der Waals surface area (Å²) < 4.78 is 0. The van der Waals surface area contributed by atoms with Crippen LogP contribution < -0.4 is 5.32 Å². The van der Waals surface area contributed by atoms with Crippen molar-refractivity contribution in [2.75, 3.05) is 25.0 Å². The molecule has 2 rings (SSSR count). The average molecular weight is 278 g/mol. The van der Waals surface area contributed by atoms with Crippen LogP contribution in [0.4, 0.5) is 5.82 Å². The van der Waals surface area contributed by atoms with Gasteiger partial charge in [-0.1, -0.05) is 13.3 Å². The van der Waals surface area contributed by atoms with E-state index in [1.807, 2.05) is 0 Å². The Hall–Kier alpha value is -1.69. The first-order chi connectivity index (χ1) is 9.70. The molecule has 20 heavy (non-hydrogen) atoms. The maximum Gasteiger partial charge on any atom is 0.356 e. The number of aromatic nitrogens is 2. The number of aromatic carboxylic acids is 1. The topological polar surface area (TPSA) is 78.4 Å². The molecule has 1 aliphatic rings. The second-order valence-electron chi connectivity index (χ2n) is 5.11. The third-order valence-corrected chi connectivity index (χ3v) is 3.80. The molecule has 6 nitrogen and oxygen atoms in total. The zero-order chi connectivity index (χ0) is 14.4. The SMILES string of the molecule is CCC1CCCCN1CCNc1cnc(C(=O)O)cn1. The van der Waals surface area contributed by atoms with Gasteiger partial charge in [0.1, 0.15) is 5.82 Å². The Bertz CT molecular complexity index is 435. The molecule has 6 heteroatoms. The van der Waals surface area contributed by atoms with E-state index in [0.717, 1.165) is 13.1 Å². The third-order valence-electron chi connectivity index (χ3n) is 3.80. The first kappa shape index (κ1) is 14.7. The summed E-state index contributed by atoms with van der Waals surface area (Å²) in [6, 6.07) is 0.700. The quantitative estimate of drug-likeness (QED) is 0.827. The van der Waals surface area contributed by atoms with Crippen molar-refractivity contribution >= 4 is 11.8 Å². The summed E-state index contributed by atoms with van der Waals surface area (Å²) in [6.07, 6.45) is 7.86. The van der Waals surface area contributed by atoms with Crippen molar-refractivity contribution in [3.8, 4) is 0 Å². The van der Waals surface area contributed by atoms with Crippen LogP contribution in [0.25, 0.3) is 0 Å². The number of likely N-dealkylation sites (tertiary alicyclic amines) is 1. The Morgan fingerprint density at radius 3 is 2.95 bits per heavy atom. The first-order valence-electron chi connectivity index (χ1n) is 7.24.